The van der Waals surface area contributed by atoms with E-state index >= 15 is 0 Å². The van der Waals surface area contributed by atoms with E-state index in [9.17, 15) is 19.8 Å². The Morgan fingerprint density at radius 2 is 1.86 bits per heavy atom. The van der Waals surface area contributed by atoms with Crippen LogP contribution >= 0.6 is 0 Å². The number of carboxylic acids is 2. The number of rotatable bonds is 7. The predicted molar refractivity (Wildman–Crippen MR) is 41.7 cm³/mol. The molecule has 0 rings (SSSR count). The number of carbonyl (C=O) groups is 2. The van der Waals surface area contributed by atoms with E-state index in [-0.39, 0.29) is 12.8 Å². The van der Waals surface area contributed by atoms with Crippen LogP contribution < -0.4 is 27.2 Å². The van der Waals surface area contributed by atoms with E-state index < -0.39 is 24.0 Å². The lowest BCUT2D eigenvalue weighted by Crippen LogP contribution is -2.68. The quantitative estimate of drug-likeness (QED) is 0.280. The molecule has 82 valence electrons. The summed E-state index contributed by atoms with van der Waals surface area (Å²) in [5.41, 5.74) is 5.39. The average Bonchev–Trinajstić information content (AvgIpc) is 2.11. The van der Waals surface area contributed by atoms with Crippen molar-refractivity contribution in [2.45, 2.75) is 31.3 Å². The Hall–Kier alpha value is -1.18. The third-order valence-electron chi connectivity index (χ3n) is 1.86. The van der Waals surface area contributed by atoms with Gasteiger partial charge in [-0.15, -0.1) is 0 Å². The molecule has 0 saturated heterocycles. The van der Waals surface area contributed by atoms with E-state index in [1.807, 2.05) is 0 Å². The van der Waals surface area contributed by atoms with E-state index in [1.54, 1.807) is 0 Å². The Kier molecular flexibility index (Phi) is 5.77. The molecular weight excluding hydrogens is 190 g/mol. The van der Waals surface area contributed by atoms with Gasteiger partial charge in [-0.3, -0.25) is 11.3 Å². The van der Waals surface area contributed by atoms with Gasteiger partial charge in [-0.2, -0.15) is 0 Å². The number of quaternary nitrogens is 1. The second-order valence-corrected chi connectivity index (χ2v) is 2.99. The van der Waals surface area contributed by atoms with Gasteiger partial charge in [0.1, 0.15) is 6.04 Å². The minimum Gasteiger partial charge on any atom is -0.548 e. The molecule has 0 aromatic carbocycles. The lowest BCUT2D eigenvalue weighted by Gasteiger charge is -2.17. The standard InChI is InChI=1S/C7H15N3O4/c8-4(6(11)12)2-1-3-5(10-9)7(13)14/h4-5,10H,1-3,8-9H2,(H,11,12)(H,13,14)/p-1. The first-order valence-corrected chi connectivity index (χ1v) is 4.20. The van der Waals surface area contributed by atoms with Crippen LogP contribution in [-0.2, 0) is 9.59 Å². The van der Waals surface area contributed by atoms with Gasteiger partial charge in [-0.05, 0) is 12.8 Å². The monoisotopic (exact) mass is 204 g/mol. The SMILES string of the molecule is NNC(CCCC([NH3+])C(=O)[O-])C(=O)[O-]. The van der Waals surface area contributed by atoms with Crippen molar-refractivity contribution in [1.82, 2.24) is 5.43 Å². The van der Waals surface area contributed by atoms with Crippen molar-refractivity contribution >= 4 is 11.9 Å². The minimum absolute atomic E-state index is 0.206. The molecule has 0 aromatic rings. The Bertz CT molecular complexity index is 209. The highest BCUT2D eigenvalue weighted by Gasteiger charge is 2.10. The number of carboxylic acid groups (broad SMARTS) is 2. The van der Waals surface area contributed by atoms with Gasteiger partial charge >= 0.3 is 0 Å². The van der Waals surface area contributed by atoms with Crippen LogP contribution in [-0.4, -0.2) is 24.0 Å². The zero-order valence-corrected chi connectivity index (χ0v) is 7.69. The van der Waals surface area contributed by atoms with E-state index in [0.717, 1.165) is 0 Å². The van der Waals surface area contributed by atoms with Crippen molar-refractivity contribution in [3.05, 3.63) is 0 Å². The van der Waals surface area contributed by atoms with Crippen LogP contribution in [0.3, 0.4) is 0 Å². The molecule has 2 atom stereocenters. The summed E-state index contributed by atoms with van der Waals surface area (Å²) in [7, 11) is 0. The third-order valence-corrected chi connectivity index (χ3v) is 1.86. The van der Waals surface area contributed by atoms with Crippen LogP contribution in [0.5, 0.6) is 0 Å². The van der Waals surface area contributed by atoms with Crippen LogP contribution in [0.25, 0.3) is 0 Å². The number of nitrogens with two attached hydrogens (primary N) is 1. The molecule has 0 aliphatic heterocycles. The van der Waals surface area contributed by atoms with Crippen molar-refractivity contribution in [2.24, 2.45) is 5.84 Å². The maximum atomic E-state index is 10.3. The summed E-state index contributed by atoms with van der Waals surface area (Å²) in [5.74, 6) is 2.39. The van der Waals surface area contributed by atoms with Crippen molar-refractivity contribution in [2.75, 3.05) is 0 Å². The number of carbonyl (C=O) groups excluding carboxylic acids is 2. The fraction of sp³-hybridized carbons (Fsp3) is 0.714. The Morgan fingerprint density at radius 1 is 1.29 bits per heavy atom. The van der Waals surface area contributed by atoms with E-state index in [2.05, 4.69) is 11.2 Å². The summed E-state index contributed by atoms with van der Waals surface area (Å²) >= 11 is 0. The molecule has 7 nitrogen and oxygen atoms in total. The lowest BCUT2D eigenvalue weighted by atomic mass is 10.1. The molecule has 7 heteroatoms. The number of hydrogen-bond donors (Lipinski definition) is 3. The maximum Gasteiger partial charge on any atom is 0.124 e. The number of hydrazine groups is 1. The Labute approximate surface area is 81.0 Å². The summed E-state index contributed by atoms with van der Waals surface area (Å²) in [5, 5.41) is 20.6. The van der Waals surface area contributed by atoms with Crippen LogP contribution in [0.2, 0.25) is 0 Å². The summed E-state index contributed by atoms with van der Waals surface area (Å²) in [6.07, 6.45) is 0.844. The smallest absolute Gasteiger partial charge is 0.124 e. The minimum atomic E-state index is -1.30. The highest BCUT2D eigenvalue weighted by molar-refractivity contribution is 5.71. The third kappa shape index (κ3) is 4.75. The first-order valence-electron chi connectivity index (χ1n) is 4.20. The van der Waals surface area contributed by atoms with E-state index in [1.165, 1.54) is 0 Å². The predicted octanol–water partition coefficient (Wildman–Crippen LogP) is -4.90. The molecule has 0 radical (unpaired) electrons. The summed E-state index contributed by atoms with van der Waals surface area (Å²) < 4.78 is 0. The van der Waals surface area contributed by atoms with Crippen molar-refractivity contribution < 1.29 is 25.5 Å². The molecule has 0 aromatic heterocycles. The van der Waals surface area contributed by atoms with E-state index in [4.69, 9.17) is 5.84 Å². The Morgan fingerprint density at radius 3 is 2.21 bits per heavy atom. The van der Waals surface area contributed by atoms with Gasteiger partial charge < -0.3 is 25.5 Å². The van der Waals surface area contributed by atoms with Gasteiger partial charge in [0, 0.05) is 6.42 Å². The molecule has 0 bridgehead atoms. The molecule has 0 fully saturated rings. The van der Waals surface area contributed by atoms with Gasteiger partial charge in [0.2, 0.25) is 0 Å². The normalized spacial score (nSPS) is 14.7. The number of nitrogens with one attached hydrogen (secondary N) is 1. The van der Waals surface area contributed by atoms with Gasteiger partial charge in [0.25, 0.3) is 0 Å². The van der Waals surface area contributed by atoms with Crippen molar-refractivity contribution in [1.29, 1.82) is 0 Å². The first kappa shape index (κ1) is 12.8. The highest BCUT2D eigenvalue weighted by atomic mass is 16.4. The zero-order chi connectivity index (χ0) is 11.1. The zero-order valence-electron chi connectivity index (χ0n) is 7.69. The Balaban J connectivity index is 3.71. The highest BCUT2D eigenvalue weighted by Crippen LogP contribution is 2.01. The van der Waals surface area contributed by atoms with Gasteiger partial charge in [0.15, 0.2) is 0 Å². The molecule has 2 unspecified atom stereocenters. The molecule has 0 amide bonds. The van der Waals surface area contributed by atoms with Crippen molar-refractivity contribution in [3.8, 4) is 0 Å². The number of hydrogen-bond acceptors (Lipinski definition) is 6. The fourth-order valence-corrected chi connectivity index (χ4v) is 0.955. The number of aliphatic carboxylic acids is 2. The molecule has 0 spiro atoms. The van der Waals surface area contributed by atoms with Crippen molar-refractivity contribution in [3.63, 3.8) is 0 Å². The first-order chi connectivity index (χ1) is 6.49. The summed E-state index contributed by atoms with van der Waals surface area (Å²) in [6, 6.07) is -1.78. The molecular formula is C7H14N3O4-. The van der Waals surface area contributed by atoms with Crippen LogP contribution in [0, 0.1) is 0 Å². The maximum absolute atomic E-state index is 10.3. The largest absolute Gasteiger partial charge is 0.548 e. The van der Waals surface area contributed by atoms with E-state index in [0.29, 0.717) is 6.42 Å². The second kappa shape index (κ2) is 6.30. The fourth-order valence-electron chi connectivity index (χ4n) is 0.955. The summed E-state index contributed by atoms with van der Waals surface area (Å²) in [6.45, 7) is 0. The lowest BCUT2D eigenvalue weighted by molar-refractivity contribution is -0.438. The molecule has 14 heavy (non-hydrogen) atoms. The molecule has 0 heterocycles. The molecule has 0 aliphatic rings. The molecule has 0 saturated carbocycles. The average molecular weight is 204 g/mol. The second-order valence-electron chi connectivity index (χ2n) is 2.99. The van der Waals surface area contributed by atoms with Gasteiger partial charge in [-0.25, -0.2) is 0 Å². The van der Waals surface area contributed by atoms with Crippen LogP contribution in [0.4, 0.5) is 0 Å². The van der Waals surface area contributed by atoms with Gasteiger partial charge in [-0.1, -0.05) is 0 Å². The van der Waals surface area contributed by atoms with Crippen LogP contribution in [0.1, 0.15) is 19.3 Å². The molecule has 6 N–H and O–H groups in total. The van der Waals surface area contributed by atoms with Crippen LogP contribution in [0.15, 0.2) is 0 Å². The summed E-state index contributed by atoms with van der Waals surface area (Å²) in [4.78, 5) is 20.6. The topological polar surface area (TPSA) is 146 Å². The van der Waals surface area contributed by atoms with Gasteiger partial charge in [0.05, 0.1) is 18.0 Å². The molecule has 0 aliphatic carbocycles.